The Morgan fingerprint density at radius 2 is 1.69 bits per heavy atom. The van der Waals surface area contributed by atoms with Crippen LogP contribution in [0.5, 0.6) is 5.75 Å². The molecule has 3 aromatic rings. The second kappa shape index (κ2) is 13.5. The predicted octanol–water partition coefficient (Wildman–Crippen LogP) is 3.61. The van der Waals surface area contributed by atoms with E-state index in [9.17, 15) is 27.9 Å². The van der Waals surface area contributed by atoms with E-state index < -0.39 is 27.8 Å². The van der Waals surface area contributed by atoms with Gasteiger partial charge in [0.2, 0.25) is 0 Å². The Balaban J connectivity index is 1.70. The van der Waals surface area contributed by atoms with Crippen LogP contribution in [0.15, 0.2) is 65.7 Å². The van der Waals surface area contributed by atoms with Crippen molar-refractivity contribution in [1.82, 2.24) is 15.0 Å². The lowest BCUT2D eigenvalue weighted by molar-refractivity contribution is 0.0688. The molecule has 3 N–H and O–H groups in total. The topological polar surface area (TPSA) is 152 Å². The van der Waals surface area contributed by atoms with Crippen LogP contribution in [0.1, 0.15) is 68.5 Å². The molecule has 0 radical (unpaired) electrons. The number of ether oxygens (including phenoxy) is 1. The minimum atomic E-state index is -4.34. The summed E-state index contributed by atoms with van der Waals surface area (Å²) in [7, 11) is -2.77. The Morgan fingerprint density at radius 3 is 2.41 bits per heavy atom. The van der Waals surface area contributed by atoms with Crippen molar-refractivity contribution in [3.05, 3.63) is 88.7 Å². The molecular formula is C28H31N3O7S. The van der Waals surface area contributed by atoms with E-state index in [1.54, 1.807) is 7.11 Å². The number of carboxylic acid groups (broad SMARTS) is 1. The van der Waals surface area contributed by atoms with Gasteiger partial charge in [0, 0.05) is 18.3 Å². The maximum absolute atomic E-state index is 12.9. The first-order valence-electron chi connectivity index (χ1n) is 12.5. The third-order valence-electron chi connectivity index (χ3n) is 5.99. The molecule has 0 bridgehead atoms. The first-order valence-corrected chi connectivity index (χ1v) is 13.9. The highest BCUT2D eigenvalue weighted by Crippen LogP contribution is 2.18. The molecule has 206 valence electrons. The summed E-state index contributed by atoms with van der Waals surface area (Å²) in [5, 5.41) is 12.1. The third kappa shape index (κ3) is 7.87. The molecule has 11 heteroatoms. The number of aromatic carboxylic acids is 1. The second-order valence-corrected chi connectivity index (χ2v) is 10.5. The molecule has 39 heavy (non-hydrogen) atoms. The van der Waals surface area contributed by atoms with Crippen molar-refractivity contribution < 1.29 is 32.6 Å². The summed E-state index contributed by atoms with van der Waals surface area (Å²) < 4.78 is 33.2. The van der Waals surface area contributed by atoms with Crippen molar-refractivity contribution in [2.24, 2.45) is 0 Å². The normalized spacial score (nSPS) is 11.0. The van der Waals surface area contributed by atoms with Gasteiger partial charge in [-0.2, -0.15) is 0 Å². The van der Waals surface area contributed by atoms with Crippen molar-refractivity contribution in [3.8, 4) is 5.75 Å². The maximum atomic E-state index is 12.9. The lowest BCUT2D eigenvalue weighted by Gasteiger charge is -2.11. The number of rotatable bonds is 13. The number of benzene rings is 2. The summed E-state index contributed by atoms with van der Waals surface area (Å²) in [6.07, 6.45) is 4.43. The quantitative estimate of drug-likeness (QED) is 0.272. The van der Waals surface area contributed by atoms with Crippen LogP contribution in [0.25, 0.3) is 0 Å². The largest absolute Gasteiger partial charge is 0.496 e. The number of unbranched alkanes of at least 4 members (excludes halogenated alkanes) is 2. The molecule has 3 rings (SSSR count). The van der Waals surface area contributed by atoms with Gasteiger partial charge in [0.15, 0.2) is 5.69 Å². The first-order chi connectivity index (χ1) is 18.7. The van der Waals surface area contributed by atoms with Gasteiger partial charge in [-0.1, -0.05) is 44.0 Å². The Kier molecular flexibility index (Phi) is 10.2. The smallest absolute Gasteiger partial charge is 0.354 e. The highest BCUT2D eigenvalue weighted by Gasteiger charge is 2.22. The maximum Gasteiger partial charge on any atom is 0.354 e. The third-order valence-corrected chi connectivity index (χ3v) is 7.32. The molecule has 2 amide bonds. The fourth-order valence-electron chi connectivity index (χ4n) is 3.95. The van der Waals surface area contributed by atoms with Gasteiger partial charge in [-0.15, -0.1) is 0 Å². The number of hydrogen-bond donors (Lipinski definition) is 3. The second-order valence-electron chi connectivity index (χ2n) is 8.77. The number of pyridine rings is 1. The Hall–Kier alpha value is -4.25. The zero-order valence-corrected chi connectivity index (χ0v) is 22.6. The summed E-state index contributed by atoms with van der Waals surface area (Å²) in [6, 6.07) is 14.1. The fraction of sp³-hybridized carbons (Fsp3) is 0.286. The Bertz CT molecular complexity index is 1460. The standard InChI is InChI=1S/C28H31N3O7S/c1-3-4-5-10-20-16-22(18-30-25(20)28(34)35)27(33)31-39(36,37)23-12-8-11-21(17-23)26(32)29-15-14-19-9-6-7-13-24(19)38-2/h6-9,11-13,16-18H,3-5,10,14-15H2,1-2H3,(H,29,32)(H,31,33)(H,34,35). The average Bonchev–Trinajstić information content (AvgIpc) is 2.93. The van der Waals surface area contributed by atoms with Crippen molar-refractivity contribution in [3.63, 3.8) is 0 Å². The summed E-state index contributed by atoms with van der Waals surface area (Å²) in [6.45, 7) is 2.30. The summed E-state index contributed by atoms with van der Waals surface area (Å²) in [4.78, 5) is 40.5. The number of sulfonamides is 1. The van der Waals surface area contributed by atoms with E-state index in [2.05, 4.69) is 10.3 Å². The number of methoxy groups -OCH3 is 1. The van der Waals surface area contributed by atoms with Gasteiger partial charge in [0.25, 0.3) is 21.8 Å². The molecule has 0 fully saturated rings. The zero-order valence-electron chi connectivity index (χ0n) is 21.8. The molecule has 10 nitrogen and oxygen atoms in total. The van der Waals surface area contributed by atoms with Crippen LogP contribution in [0.2, 0.25) is 0 Å². The number of para-hydroxylation sites is 1. The van der Waals surface area contributed by atoms with Gasteiger partial charge in [0.05, 0.1) is 17.6 Å². The van der Waals surface area contributed by atoms with Crippen LogP contribution in [0, 0.1) is 0 Å². The predicted molar refractivity (Wildman–Crippen MR) is 145 cm³/mol. The lowest BCUT2D eigenvalue weighted by atomic mass is 10.0. The van der Waals surface area contributed by atoms with E-state index in [1.807, 2.05) is 35.9 Å². The fourth-order valence-corrected chi connectivity index (χ4v) is 4.97. The Morgan fingerprint density at radius 1 is 0.923 bits per heavy atom. The lowest BCUT2D eigenvalue weighted by Crippen LogP contribution is -2.31. The van der Waals surface area contributed by atoms with Crippen molar-refractivity contribution in [2.45, 2.75) is 43.9 Å². The van der Waals surface area contributed by atoms with Crippen LogP contribution < -0.4 is 14.8 Å². The summed E-state index contributed by atoms with van der Waals surface area (Å²) in [5.41, 5.74) is 1.12. The molecule has 1 aromatic heterocycles. The number of aromatic nitrogens is 1. The van der Waals surface area contributed by atoms with Crippen LogP contribution >= 0.6 is 0 Å². The van der Waals surface area contributed by atoms with Crippen molar-refractivity contribution >= 4 is 27.8 Å². The number of hydrogen-bond acceptors (Lipinski definition) is 7. The van der Waals surface area contributed by atoms with Crippen LogP contribution in [-0.4, -0.2) is 49.9 Å². The minimum Gasteiger partial charge on any atom is -0.496 e. The molecule has 2 aromatic carbocycles. The molecule has 0 aliphatic heterocycles. The van der Waals surface area contributed by atoms with E-state index in [4.69, 9.17) is 4.74 Å². The highest BCUT2D eigenvalue weighted by molar-refractivity contribution is 7.90. The minimum absolute atomic E-state index is 0.0830. The van der Waals surface area contributed by atoms with Crippen LogP contribution in [0.3, 0.4) is 0 Å². The Labute approximate surface area is 227 Å². The number of carbonyl (C=O) groups is 3. The van der Waals surface area contributed by atoms with E-state index >= 15 is 0 Å². The van der Waals surface area contributed by atoms with E-state index in [-0.39, 0.29) is 21.7 Å². The van der Waals surface area contributed by atoms with Gasteiger partial charge in [-0.25, -0.2) is 22.9 Å². The molecule has 0 spiro atoms. The molecule has 0 aliphatic carbocycles. The molecular weight excluding hydrogens is 522 g/mol. The molecule has 1 heterocycles. The molecule has 0 atom stereocenters. The number of carboxylic acids is 1. The van der Waals surface area contributed by atoms with Crippen LogP contribution in [-0.2, 0) is 22.9 Å². The van der Waals surface area contributed by atoms with E-state index in [0.29, 0.717) is 37.1 Å². The average molecular weight is 554 g/mol. The zero-order chi connectivity index (χ0) is 28.4. The first kappa shape index (κ1) is 29.3. The van der Waals surface area contributed by atoms with Gasteiger partial charge in [-0.05, 0) is 60.7 Å². The monoisotopic (exact) mass is 553 g/mol. The summed E-state index contributed by atoms with van der Waals surface area (Å²) >= 11 is 0. The van der Waals surface area contributed by atoms with E-state index in [0.717, 1.165) is 24.6 Å². The van der Waals surface area contributed by atoms with Crippen LogP contribution in [0.4, 0.5) is 0 Å². The summed E-state index contributed by atoms with van der Waals surface area (Å²) in [5.74, 6) is -1.95. The number of nitrogens with zero attached hydrogens (tertiary/aromatic N) is 1. The van der Waals surface area contributed by atoms with Crippen molar-refractivity contribution in [1.29, 1.82) is 0 Å². The van der Waals surface area contributed by atoms with Gasteiger partial charge in [-0.3, -0.25) is 9.59 Å². The van der Waals surface area contributed by atoms with E-state index in [1.165, 1.54) is 30.3 Å². The molecule has 0 saturated heterocycles. The SMILES string of the molecule is CCCCCc1cc(C(=O)NS(=O)(=O)c2cccc(C(=O)NCCc3ccccc3OC)c2)cnc1C(=O)O. The van der Waals surface area contributed by atoms with Gasteiger partial charge in [0.1, 0.15) is 5.75 Å². The molecule has 0 saturated carbocycles. The number of nitrogens with one attached hydrogen (secondary N) is 2. The molecule has 0 aliphatic rings. The van der Waals surface area contributed by atoms with Gasteiger partial charge >= 0.3 is 5.97 Å². The number of amides is 2. The van der Waals surface area contributed by atoms with Gasteiger partial charge < -0.3 is 15.2 Å². The number of carbonyl (C=O) groups excluding carboxylic acids is 2. The molecule has 0 unspecified atom stereocenters. The number of aryl methyl sites for hydroxylation is 1. The highest BCUT2D eigenvalue weighted by atomic mass is 32.2. The van der Waals surface area contributed by atoms with Crippen molar-refractivity contribution in [2.75, 3.05) is 13.7 Å².